The molecule has 104 valence electrons. The van der Waals surface area contributed by atoms with Crippen molar-refractivity contribution < 1.29 is 0 Å². The van der Waals surface area contributed by atoms with Crippen LogP contribution in [0.15, 0.2) is 47.2 Å². The highest BCUT2D eigenvalue weighted by atomic mass is 79.9. The molecule has 0 saturated carbocycles. The van der Waals surface area contributed by atoms with Crippen LogP contribution in [0.5, 0.6) is 0 Å². The van der Waals surface area contributed by atoms with Gasteiger partial charge in [-0.05, 0) is 58.1 Å². The highest BCUT2D eigenvalue weighted by molar-refractivity contribution is 9.10. The monoisotopic (exact) mass is 350 g/mol. The van der Waals surface area contributed by atoms with Crippen LogP contribution in [0.2, 0.25) is 5.02 Å². The van der Waals surface area contributed by atoms with Gasteiger partial charge in [-0.15, -0.1) is 0 Å². The number of nitrogens with zero attached hydrogens (tertiary/aromatic N) is 1. The molecule has 0 aliphatic carbocycles. The first kappa shape index (κ1) is 14.1. The number of hydrogen-bond donors (Lipinski definition) is 1. The lowest BCUT2D eigenvalue weighted by atomic mass is 9.78. The van der Waals surface area contributed by atoms with Crippen molar-refractivity contribution in [1.29, 1.82) is 0 Å². The van der Waals surface area contributed by atoms with E-state index in [0.29, 0.717) is 11.8 Å². The van der Waals surface area contributed by atoms with Crippen molar-refractivity contribution in [1.82, 2.24) is 10.3 Å². The molecule has 2 aromatic rings. The molecule has 2 nitrogen and oxygen atoms in total. The molecule has 3 rings (SSSR count). The topological polar surface area (TPSA) is 24.9 Å². The van der Waals surface area contributed by atoms with Gasteiger partial charge >= 0.3 is 0 Å². The third kappa shape index (κ3) is 2.90. The molecule has 1 aliphatic rings. The van der Waals surface area contributed by atoms with E-state index >= 15 is 0 Å². The van der Waals surface area contributed by atoms with Crippen LogP contribution < -0.4 is 5.32 Å². The maximum Gasteiger partial charge on any atom is 0.0441 e. The Morgan fingerprint density at radius 2 is 2.05 bits per heavy atom. The third-order valence-corrected chi connectivity index (χ3v) is 4.72. The second-order valence-corrected chi connectivity index (χ2v) is 6.49. The zero-order valence-corrected chi connectivity index (χ0v) is 13.4. The summed E-state index contributed by atoms with van der Waals surface area (Å²) < 4.78 is 1.03. The number of pyridine rings is 1. The minimum absolute atomic E-state index is 0.397. The number of hydrogen-bond acceptors (Lipinski definition) is 2. The van der Waals surface area contributed by atoms with Crippen molar-refractivity contribution in [2.45, 2.75) is 18.3 Å². The standard InChI is InChI=1S/C16H16BrClN2/c17-12-7-11(8-20-9-12)13-5-6-19-10-15(13)14-3-1-2-4-16(14)18/h1-4,7-9,13,15,19H,5-6,10H2. The molecule has 1 aromatic carbocycles. The summed E-state index contributed by atoms with van der Waals surface area (Å²) in [5, 5.41) is 4.34. The number of aromatic nitrogens is 1. The zero-order chi connectivity index (χ0) is 13.9. The van der Waals surface area contributed by atoms with Gasteiger partial charge in [0.05, 0.1) is 0 Å². The first-order valence-corrected chi connectivity index (χ1v) is 7.98. The normalized spacial score (nSPS) is 22.7. The van der Waals surface area contributed by atoms with E-state index in [2.05, 4.69) is 44.4 Å². The first-order valence-electron chi connectivity index (χ1n) is 6.81. The van der Waals surface area contributed by atoms with Crippen LogP contribution in [0, 0.1) is 0 Å². The Kier molecular flexibility index (Phi) is 4.39. The highest BCUT2D eigenvalue weighted by Gasteiger charge is 2.29. The number of nitrogens with one attached hydrogen (secondary N) is 1. The molecule has 20 heavy (non-hydrogen) atoms. The lowest BCUT2D eigenvalue weighted by Crippen LogP contribution is -2.34. The summed E-state index contributed by atoms with van der Waals surface area (Å²) in [7, 11) is 0. The van der Waals surface area contributed by atoms with Crippen LogP contribution in [-0.4, -0.2) is 18.1 Å². The second-order valence-electron chi connectivity index (χ2n) is 5.16. The maximum absolute atomic E-state index is 6.39. The van der Waals surface area contributed by atoms with Crippen molar-refractivity contribution in [3.05, 3.63) is 63.3 Å². The third-order valence-electron chi connectivity index (χ3n) is 3.94. The molecular weight excluding hydrogens is 336 g/mol. The lowest BCUT2D eigenvalue weighted by Gasteiger charge is -2.33. The number of halogens is 2. The minimum Gasteiger partial charge on any atom is -0.316 e. The fourth-order valence-corrected chi connectivity index (χ4v) is 3.65. The van der Waals surface area contributed by atoms with Gasteiger partial charge in [-0.1, -0.05) is 29.8 Å². The summed E-state index contributed by atoms with van der Waals surface area (Å²) in [5.74, 6) is 0.856. The van der Waals surface area contributed by atoms with Gasteiger partial charge in [-0.2, -0.15) is 0 Å². The van der Waals surface area contributed by atoms with Crippen LogP contribution in [0.1, 0.15) is 29.4 Å². The summed E-state index contributed by atoms with van der Waals surface area (Å²) in [6.45, 7) is 2.00. The van der Waals surface area contributed by atoms with E-state index in [1.165, 1.54) is 11.1 Å². The van der Waals surface area contributed by atoms with Crippen LogP contribution in [0.25, 0.3) is 0 Å². The van der Waals surface area contributed by atoms with Gasteiger partial charge in [0.25, 0.3) is 0 Å². The predicted octanol–water partition coefficient (Wildman–Crippen LogP) is 4.36. The fraction of sp³-hybridized carbons (Fsp3) is 0.312. The largest absolute Gasteiger partial charge is 0.316 e. The molecule has 4 heteroatoms. The first-order chi connectivity index (χ1) is 9.75. The van der Waals surface area contributed by atoms with Gasteiger partial charge in [0, 0.05) is 34.4 Å². The smallest absolute Gasteiger partial charge is 0.0441 e. The molecule has 2 unspecified atom stereocenters. The van der Waals surface area contributed by atoms with Gasteiger partial charge in [0.1, 0.15) is 0 Å². The molecular formula is C16H16BrClN2. The van der Waals surface area contributed by atoms with Crippen molar-refractivity contribution in [2.75, 3.05) is 13.1 Å². The van der Waals surface area contributed by atoms with E-state index in [4.69, 9.17) is 11.6 Å². The molecule has 0 radical (unpaired) electrons. The van der Waals surface area contributed by atoms with Crippen LogP contribution in [0.3, 0.4) is 0 Å². The minimum atomic E-state index is 0.397. The average molecular weight is 352 g/mol. The molecule has 0 amide bonds. The van der Waals surface area contributed by atoms with Crippen molar-refractivity contribution in [3.63, 3.8) is 0 Å². The Morgan fingerprint density at radius 3 is 2.85 bits per heavy atom. The molecule has 1 fully saturated rings. The molecule has 1 aromatic heterocycles. The molecule has 1 N–H and O–H groups in total. The van der Waals surface area contributed by atoms with E-state index in [9.17, 15) is 0 Å². The van der Waals surface area contributed by atoms with Crippen LogP contribution in [0.4, 0.5) is 0 Å². The van der Waals surface area contributed by atoms with Gasteiger partial charge < -0.3 is 5.32 Å². The predicted molar refractivity (Wildman–Crippen MR) is 86.4 cm³/mol. The van der Waals surface area contributed by atoms with E-state index in [1.54, 1.807) is 0 Å². The van der Waals surface area contributed by atoms with E-state index in [1.807, 2.05) is 24.5 Å². The lowest BCUT2D eigenvalue weighted by molar-refractivity contribution is 0.403. The molecule has 0 spiro atoms. The zero-order valence-electron chi connectivity index (χ0n) is 11.0. The summed E-state index contributed by atoms with van der Waals surface area (Å²) in [6, 6.07) is 10.3. The summed E-state index contributed by atoms with van der Waals surface area (Å²) in [4.78, 5) is 4.31. The highest BCUT2D eigenvalue weighted by Crippen LogP contribution is 2.40. The molecule has 2 atom stereocenters. The summed E-state index contributed by atoms with van der Waals surface area (Å²) in [5.41, 5.74) is 2.51. The molecule has 1 saturated heterocycles. The maximum atomic E-state index is 6.39. The quantitative estimate of drug-likeness (QED) is 0.869. The van der Waals surface area contributed by atoms with Crippen LogP contribution >= 0.6 is 27.5 Å². The van der Waals surface area contributed by atoms with E-state index in [0.717, 1.165) is 29.0 Å². The SMILES string of the molecule is Clc1ccccc1C1CNCCC1c1cncc(Br)c1. The van der Waals surface area contributed by atoms with Crippen molar-refractivity contribution in [3.8, 4) is 0 Å². The summed E-state index contributed by atoms with van der Waals surface area (Å²) >= 11 is 9.90. The number of rotatable bonds is 2. The van der Waals surface area contributed by atoms with Gasteiger partial charge in [0.15, 0.2) is 0 Å². The Labute approximate surface area is 132 Å². The van der Waals surface area contributed by atoms with Gasteiger partial charge in [-0.25, -0.2) is 0 Å². The van der Waals surface area contributed by atoms with Crippen molar-refractivity contribution in [2.24, 2.45) is 0 Å². The van der Waals surface area contributed by atoms with Crippen LogP contribution in [-0.2, 0) is 0 Å². The molecule has 0 bridgehead atoms. The van der Waals surface area contributed by atoms with E-state index in [-0.39, 0.29) is 0 Å². The fourth-order valence-electron chi connectivity index (χ4n) is 2.99. The Balaban J connectivity index is 1.98. The Bertz CT molecular complexity index is 603. The Morgan fingerprint density at radius 1 is 1.20 bits per heavy atom. The molecule has 1 aliphatic heterocycles. The Hall–Kier alpha value is -0.900. The average Bonchev–Trinajstić information content (AvgIpc) is 2.48. The van der Waals surface area contributed by atoms with Crippen molar-refractivity contribution >= 4 is 27.5 Å². The number of benzene rings is 1. The van der Waals surface area contributed by atoms with Gasteiger partial charge in [0.2, 0.25) is 0 Å². The van der Waals surface area contributed by atoms with E-state index < -0.39 is 0 Å². The molecule has 2 heterocycles. The summed E-state index contributed by atoms with van der Waals surface area (Å²) in [6.07, 6.45) is 4.91. The second kappa shape index (κ2) is 6.25. The van der Waals surface area contributed by atoms with Gasteiger partial charge in [-0.3, -0.25) is 4.98 Å². The number of piperidine rings is 1.